The highest BCUT2D eigenvalue weighted by Gasteiger charge is 2.23. The maximum atomic E-state index is 12.0. The van der Waals surface area contributed by atoms with Crippen molar-refractivity contribution in [3.63, 3.8) is 0 Å². The van der Waals surface area contributed by atoms with E-state index < -0.39 is 0 Å². The van der Waals surface area contributed by atoms with Gasteiger partial charge in [-0.3, -0.25) is 4.79 Å². The second-order valence-electron chi connectivity index (χ2n) is 5.59. The van der Waals surface area contributed by atoms with Crippen molar-refractivity contribution in [1.82, 2.24) is 5.32 Å². The highest BCUT2D eigenvalue weighted by Crippen LogP contribution is 2.16. The van der Waals surface area contributed by atoms with Crippen molar-refractivity contribution in [2.75, 3.05) is 6.61 Å². The number of hydrogen-bond donors (Lipinski definition) is 1. The molecule has 0 saturated carbocycles. The first-order chi connectivity index (χ1) is 11.3. The molecule has 0 aromatic heterocycles. The van der Waals surface area contributed by atoms with Gasteiger partial charge in [-0.05, 0) is 36.1 Å². The third kappa shape index (κ3) is 4.33. The average molecular weight is 311 g/mol. The molecule has 1 aliphatic heterocycles. The van der Waals surface area contributed by atoms with Crippen molar-refractivity contribution in [3.8, 4) is 5.75 Å². The van der Waals surface area contributed by atoms with Crippen molar-refractivity contribution >= 4 is 5.91 Å². The summed E-state index contributed by atoms with van der Waals surface area (Å²) in [7, 11) is 0. The van der Waals surface area contributed by atoms with Crippen LogP contribution in [0, 0.1) is 0 Å². The number of para-hydroxylation sites is 1. The molecular weight excluding hydrogens is 290 g/mol. The lowest BCUT2D eigenvalue weighted by atomic mass is 10.1. The Morgan fingerprint density at radius 2 is 1.83 bits per heavy atom. The molecule has 0 aliphatic carbocycles. The SMILES string of the molecule is O=C(NCc1ccccc1COc1ccccc1)[C@H]1CCCO1. The molecule has 2 aromatic rings. The van der Waals surface area contributed by atoms with Crippen LogP contribution >= 0.6 is 0 Å². The Morgan fingerprint density at radius 3 is 2.57 bits per heavy atom. The molecular formula is C19H21NO3. The van der Waals surface area contributed by atoms with E-state index >= 15 is 0 Å². The van der Waals surface area contributed by atoms with Gasteiger partial charge in [0.15, 0.2) is 0 Å². The summed E-state index contributed by atoms with van der Waals surface area (Å²) in [4.78, 5) is 12.0. The Balaban J connectivity index is 1.58. The molecule has 1 fully saturated rings. The number of carbonyl (C=O) groups excluding carboxylic acids is 1. The fourth-order valence-corrected chi connectivity index (χ4v) is 2.63. The largest absolute Gasteiger partial charge is 0.489 e. The zero-order chi connectivity index (χ0) is 15.9. The van der Waals surface area contributed by atoms with Gasteiger partial charge in [-0.2, -0.15) is 0 Å². The minimum atomic E-state index is -0.289. The van der Waals surface area contributed by atoms with Crippen molar-refractivity contribution < 1.29 is 14.3 Å². The summed E-state index contributed by atoms with van der Waals surface area (Å²) in [6, 6.07) is 17.7. The van der Waals surface area contributed by atoms with E-state index in [0.717, 1.165) is 29.7 Å². The third-order valence-electron chi connectivity index (χ3n) is 3.93. The van der Waals surface area contributed by atoms with Crippen LogP contribution in [0.3, 0.4) is 0 Å². The normalized spacial score (nSPS) is 17.0. The molecule has 0 bridgehead atoms. The van der Waals surface area contributed by atoms with Crippen molar-refractivity contribution in [3.05, 3.63) is 65.7 Å². The van der Waals surface area contributed by atoms with E-state index in [1.807, 2.05) is 54.6 Å². The highest BCUT2D eigenvalue weighted by molar-refractivity contribution is 5.80. The van der Waals surface area contributed by atoms with Crippen molar-refractivity contribution in [2.45, 2.75) is 32.1 Å². The number of hydrogen-bond acceptors (Lipinski definition) is 3. The lowest BCUT2D eigenvalue weighted by molar-refractivity contribution is -0.130. The highest BCUT2D eigenvalue weighted by atomic mass is 16.5. The van der Waals surface area contributed by atoms with Gasteiger partial charge in [0.25, 0.3) is 0 Å². The molecule has 1 saturated heterocycles. The molecule has 120 valence electrons. The predicted molar refractivity (Wildman–Crippen MR) is 88.0 cm³/mol. The van der Waals surface area contributed by atoms with E-state index in [9.17, 15) is 4.79 Å². The zero-order valence-corrected chi connectivity index (χ0v) is 13.0. The molecule has 1 N–H and O–H groups in total. The molecule has 4 nitrogen and oxygen atoms in total. The van der Waals surface area contributed by atoms with Gasteiger partial charge in [-0.1, -0.05) is 42.5 Å². The van der Waals surface area contributed by atoms with Gasteiger partial charge < -0.3 is 14.8 Å². The first kappa shape index (κ1) is 15.6. The monoisotopic (exact) mass is 311 g/mol. The van der Waals surface area contributed by atoms with Crippen molar-refractivity contribution in [1.29, 1.82) is 0 Å². The van der Waals surface area contributed by atoms with E-state index in [1.54, 1.807) is 0 Å². The Labute approximate surface area is 136 Å². The molecule has 0 unspecified atom stereocenters. The first-order valence-corrected chi connectivity index (χ1v) is 7.97. The molecule has 23 heavy (non-hydrogen) atoms. The van der Waals surface area contributed by atoms with Gasteiger partial charge >= 0.3 is 0 Å². The average Bonchev–Trinajstić information content (AvgIpc) is 3.14. The lowest BCUT2D eigenvalue weighted by Crippen LogP contribution is -2.33. The Bertz CT molecular complexity index is 636. The zero-order valence-electron chi connectivity index (χ0n) is 13.0. The smallest absolute Gasteiger partial charge is 0.249 e. The Hall–Kier alpha value is -2.33. The van der Waals surface area contributed by atoms with Crippen molar-refractivity contribution in [2.24, 2.45) is 0 Å². The van der Waals surface area contributed by atoms with Gasteiger partial charge in [0, 0.05) is 13.2 Å². The number of amides is 1. The third-order valence-corrected chi connectivity index (χ3v) is 3.93. The Kier molecular flexibility index (Phi) is 5.27. The van der Waals surface area contributed by atoms with E-state index in [0.29, 0.717) is 19.8 Å². The number of rotatable bonds is 6. The Morgan fingerprint density at radius 1 is 1.09 bits per heavy atom. The van der Waals surface area contributed by atoms with Crippen LogP contribution in [-0.2, 0) is 22.7 Å². The summed E-state index contributed by atoms with van der Waals surface area (Å²) in [5.74, 6) is 0.812. The maximum absolute atomic E-state index is 12.0. The van der Waals surface area contributed by atoms with Gasteiger partial charge in [0.1, 0.15) is 18.5 Å². The lowest BCUT2D eigenvalue weighted by Gasteiger charge is -2.14. The summed E-state index contributed by atoms with van der Waals surface area (Å²) in [6.45, 7) is 1.66. The molecule has 3 rings (SSSR count). The molecule has 1 aliphatic rings. The standard InChI is InChI=1S/C19H21NO3/c21-19(18-11-6-12-22-18)20-13-15-7-4-5-8-16(15)14-23-17-9-2-1-3-10-17/h1-5,7-10,18H,6,11-14H2,(H,20,21)/t18-/m1/s1. The molecule has 0 spiro atoms. The van der Waals surface area contributed by atoms with Crippen LogP contribution in [0.5, 0.6) is 5.75 Å². The number of nitrogens with one attached hydrogen (secondary N) is 1. The minimum Gasteiger partial charge on any atom is -0.489 e. The van der Waals surface area contributed by atoms with Crippen LogP contribution in [0.1, 0.15) is 24.0 Å². The summed E-state index contributed by atoms with van der Waals surface area (Å²) >= 11 is 0. The number of carbonyl (C=O) groups is 1. The number of benzene rings is 2. The van der Waals surface area contributed by atoms with E-state index in [4.69, 9.17) is 9.47 Å². The molecule has 0 radical (unpaired) electrons. The summed E-state index contributed by atoms with van der Waals surface area (Å²) < 4.78 is 11.2. The van der Waals surface area contributed by atoms with Crippen LogP contribution in [0.2, 0.25) is 0 Å². The molecule has 2 aromatic carbocycles. The van der Waals surface area contributed by atoms with Crippen LogP contribution < -0.4 is 10.1 Å². The number of ether oxygens (including phenoxy) is 2. The molecule has 4 heteroatoms. The second-order valence-corrected chi connectivity index (χ2v) is 5.59. The first-order valence-electron chi connectivity index (χ1n) is 7.97. The summed E-state index contributed by atoms with van der Waals surface area (Å²) in [6.07, 6.45) is 1.48. The van der Waals surface area contributed by atoms with Crippen LogP contribution in [0.25, 0.3) is 0 Å². The van der Waals surface area contributed by atoms with Gasteiger partial charge in [-0.15, -0.1) is 0 Å². The topological polar surface area (TPSA) is 47.6 Å². The minimum absolute atomic E-state index is 0.0266. The van der Waals surface area contributed by atoms with E-state index in [1.165, 1.54) is 0 Å². The van der Waals surface area contributed by atoms with Crippen LogP contribution in [0.15, 0.2) is 54.6 Å². The predicted octanol–water partition coefficient (Wildman–Crippen LogP) is 3.06. The van der Waals surface area contributed by atoms with Gasteiger partial charge in [0.2, 0.25) is 5.91 Å². The van der Waals surface area contributed by atoms with Gasteiger partial charge in [-0.25, -0.2) is 0 Å². The second kappa shape index (κ2) is 7.79. The fourth-order valence-electron chi connectivity index (χ4n) is 2.63. The van der Waals surface area contributed by atoms with E-state index in [-0.39, 0.29) is 12.0 Å². The molecule has 1 amide bonds. The van der Waals surface area contributed by atoms with Crippen LogP contribution in [0.4, 0.5) is 0 Å². The summed E-state index contributed by atoms with van der Waals surface area (Å²) in [5.41, 5.74) is 2.14. The van der Waals surface area contributed by atoms with Crippen LogP contribution in [-0.4, -0.2) is 18.6 Å². The maximum Gasteiger partial charge on any atom is 0.249 e. The van der Waals surface area contributed by atoms with E-state index in [2.05, 4.69) is 5.32 Å². The molecule has 1 heterocycles. The summed E-state index contributed by atoms with van der Waals surface area (Å²) in [5, 5.41) is 2.96. The quantitative estimate of drug-likeness (QED) is 0.892. The fraction of sp³-hybridized carbons (Fsp3) is 0.316. The van der Waals surface area contributed by atoms with Gasteiger partial charge in [0.05, 0.1) is 0 Å². The molecule has 1 atom stereocenters.